The summed E-state index contributed by atoms with van der Waals surface area (Å²) >= 11 is 5.90. The number of hydrogen-bond acceptors (Lipinski definition) is 7. The monoisotopic (exact) mass is 804 g/mol. The number of fused-ring (bicyclic) bond motifs is 2. The minimum absolute atomic E-state index is 0.00424. The Hall–Kier alpha value is -6.76. The van der Waals surface area contributed by atoms with E-state index in [9.17, 15) is 19.2 Å². The summed E-state index contributed by atoms with van der Waals surface area (Å²) in [5, 5.41) is 18.2. The molecule has 0 radical (unpaired) electrons. The Morgan fingerprint density at radius 2 is 1.24 bits per heavy atom. The number of nitriles is 2. The molecule has 2 saturated heterocycles. The minimum Gasteiger partial charge on any atom is -0.337 e. The number of imidazole rings is 1. The van der Waals surface area contributed by atoms with Gasteiger partial charge < -0.3 is 24.2 Å². The van der Waals surface area contributed by atoms with Gasteiger partial charge in [-0.1, -0.05) is 36.4 Å². The van der Waals surface area contributed by atoms with Crippen molar-refractivity contribution in [3.05, 3.63) is 137 Å². The SMILES string of the molecule is Cn1cncc1Cc1ccc2c(c1)CCN2C(=O)C1CC(=O)N(c2cccc(C#N)c2)C1.N#Cc1cccc(N2CC(C(=O)N3CCc4cc(CCl)ccc43)CC2=O)c1. The maximum absolute atomic E-state index is 13.3. The Morgan fingerprint density at radius 3 is 1.71 bits per heavy atom. The van der Waals surface area contributed by atoms with E-state index in [1.54, 1.807) is 69.6 Å². The van der Waals surface area contributed by atoms with Crippen molar-refractivity contribution in [3.8, 4) is 12.1 Å². The molecule has 4 aliphatic heterocycles. The van der Waals surface area contributed by atoms with Crippen molar-refractivity contribution in [2.45, 2.75) is 38.0 Å². The highest BCUT2D eigenvalue weighted by molar-refractivity contribution is 6.17. The van der Waals surface area contributed by atoms with E-state index in [-0.39, 0.29) is 48.3 Å². The lowest BCUT2D eigenvalue weighted by Crippen LogP contribution is -2.36. The first-order chi connectivity index (χ1) is 28.6. The predicted octanol–water partition coefficient (Wildman–Crippen LogP) is 6.06. The minimum atomic E-state index is -0.381. The van der Waals surface area contributed by atoms with Crippen LogP contribution in [-0.2, 0) is 51.4 Å². The van der Waals surface area contributed by atoms with E-state index < -0.39 is 0 Å². The Balaban J connectivity index is 0.000000167. The highest BCUT2D eigenvalue weighted by atomic mass is 35.5. The van der Waals surface area contributed by atoms with Crippen LogP contribution in [0, 0.1) is 34.5 Å². The fourth-order valence-corrected chi connectivity index (χ4v) is 8.66. The van der Waals surface area contributed by atoms with Crippen LogP contribution in [0.1, 0.15) is 51.9 Å². The molecule has 4 amide bonds. The predicted molar refractivity (Wildman–Crippen MR) is 224 cm³/mol. The van der Waals surface area contributed by atoms with Crippen LogP contribution in [0.25, 0.3) is 0 Å². The summed E-state index contributed by atoms with van der Waals surface area (Å²) in [6, 6.07) is 30.3. The Bertz CT molecular complexity index is 2570. The molecule has 4 aliphatic rings. The summed E-state index contributed by atoms with van der Waals surface area (Å²) in [5.41, 5.74) is 9.89. The highest BCUT2D eigenvalue weighted by Crippen LogP contribution is 2.35. The third kappa shape index (κ3) is 7.92. The van der Waals surface area contributed by atoms with Gasteiger partial charge in [-0.15, -0.1) is 11.6 Å². The fourth-order valence-electron chi connectivity index (χ4n) is 8.50. The van der Waals surface area contributed by atoms with Gasteiger partial charge in [-0.25, -0.2) is 4.98 Å². The van der Waals surface area contributed by atoms with Crippen molar-refractivity contribution in [3.63, 3.8) is 0 Å². The third-order valence-electron chi connectivity index (χ3n) is 11.6. The van der Waals surface area contributed by atoms with Crippen LogP contribution in [0.15, 0.2) is 97.5 Å². The largest absolute Gasteiger partial charge is 0.337 e. The van der Waals surface area contributed by atoms with E-state index in [4.69, 9.17) is 22.1 Å². The summed E-state index contributed by atoms with van der Waals surface area (Å²) in [5.74, 6) is -0.482. The second-order valence-corrected chi connectivity index (χ2v) is 15.6. The van der Waals surface area contributed by atoms with Crippen molar-refractivity contribution in [2.75, 3.05) is 45.8 Å². The molecule has 9 rings (SSSR count). The number of nitrogens with zero attached hydrogens (tertiary/aromatic N) is 8. The zero-order valence-corrected chi connectivity index (χ0v) is 33.3. The molecule has 1 aromatic heterocycles. The molecular formula is C46H41ClN8O4. The van der Waals surface area contributed by atoms with Gasteiger partial charge in [0.25, 0.3) is 0 Å². The first-order valence-electron chi connectivity index (χ1n) is 19.6. The summed E-state index contributed by atoms with van der Waals surface area (Å²) in [4.78, 5) is 62.6. The molecule has 5 aromatic rings. The van der Waals surface area contributed by atoms with Gasteiger partial charge in [0.2, 0.25) is 23.6 Å². The van der Waals surface area contributed by atoms with E-state index in [2.05, 4.69) is 35.3 Å². The maximum Gasteiger partial charge on any atom is 0.232 e. The first kappa shape index (κ1) is 39.1. The van der Waals surface area contributed by atoms with Crippen LogP contribution in [0.4, 0.5) is 22.7 Å². The van der Waals surface area contributed by atoms with Crippen LogP contribution in [0.5, 0.6) is 0 Å². The Labute approximate surface area is 347 Å². The molecule has 0 bridgehead atoms. The number of halogens is 1. The molecule has 5 heterocycles. The fraction of sp³-hybridized carbons (Fsp3) is 0.283. The smallest absolute Gasteiger partial charge is 0.232 e. The second-order valence-electron chi connectivity index (χ2n) is 15.3. The summed E-state index contributed by atoms with van der Waals surface area (Å²) in [6.07, 6.45) is 6.48. The average molecular weight is 805 g/mol. The zero-order valence-electron chi connectivity index (χ0n) is 32.6. The van der Waals surface area contributed by atoms with Gasteiger partial charge >= 0.3 is 0 Å². The molecule has 0 spiro atoms. The number of aromatic nitrogens is 2. The molecule has 4 aromatic carbocycles. The summed E-state index contributed by atoms with van der Waals surface area (Å²) < 4.78 is 2.01. The lowest BCUT2D eigenvalue weighted by Gasteiger charge is -2.22. The number of rotatable bonds is 7. The van der Waals surface area contributed by atoms with Gasteiger partial charge in [-0.2, -0.15) is 10.5 Å². The van der Waals surface area contributed by atoms with Crippen molar-refractivity contribution >= 4 is 58.0 Å². The second kappa shape index (κ2) is 16.6. The first-order valence-corrected chi connectivity index (χ1v) is 20.2. The van der Waals surface area contributed by atoms with E-state index in [1.165, 1.54) is 11.1 Å². The van der Waals surface area contributed by atoms with E-state index in [0.717, 1.165) is 47.5 Å². The maximum atomic E-state index is 13.3. The molecule has 13 heteroatoms. The van der Waals surface area contributed by atoms with Crippen LogP contribution < -0.4 is 19.6 Å². The van der Waals surface area contributed by atoms with Crippen LogP contribution in [0.2, 0.25) is 0 Å². The number of benzene rings is 4. The molecule has 2 unspecified atom stereocenters. The number of aryl methyl sites for hydroxylation is 1. The van der Waals surface area contributed by atoms with Gasteiger partial charge in [0, 0.05) is 93.0 Å². The number of carbonyl (C=O) groups is 4. The standard InChI is InChI=1S/C25H23N5O2.C21H18ClN3O2/c1-28-16-27-14-22(28)10-17-5-6-23-19(9-17)7-8-29(23)25(32)20-12-24(31)30(15-20)21-4-2-3-18(11-21)13-26;22-11-14-4-5-19-16(8-14)6-7-24(19)21(27)17-10-20(26)25(13-17)18-3-1-2-15(9-18)12-23/h2-6,9,11,14,16,20H,7-8,10,12,15H2,1H3;1-5,8-9,17H,6-7,10-11,13H2. The molecule has 296 valence electrons. The quantitative estimate of drug-likeness (QED) is 0.182. The lowest BCUT2D eigenvalue weighted by molar-refractivity contribution is -0.124. The molecule has 59 heavy (non-hydrogen) atoms. The number of hydrogen-bond donors (Lipinski definition) is 0. The summed E-state index contributed by atoms with van der Waals surface area (Å²) in [6.45, 7) is 1.96. The van der Waals surface area contributed by atoms with E-state index in [0.29, 0.717) is 54.6 Å². The van der Waals surface area contributed by atoms with Crippen molar-refractivity contribution in [1.29, 1.82) is 10.5 Å². The van der Waals surface area contributed by atoms with E-state index in [1.807, 2.05) is 40.9 Å². The van der Waals surface area contributed by atoms with Crippen LogP contribution >= 0.6 is 11.6 Å². The van der Waals surface area contributed by atoms with Crippen LogP contribution in [0.3, 0.4) is 0 Å². The van der Waals surface area contributed by atoms with Gasteiger partial charge in [0.1, 0.15) is 0 Å². The topological polar surface area (TPSA) is 147 Å². The number of anilines is 4. The number of amides is 4. The molecule has 2 atom stereocenters. The van der Waals surface area contributed by atoms with Crippen molar-refractivity contribution in [1.82, 2.24) is 9.55 Å². The molecule has 0 N–H and O–H groups in total. The van der Waals surface area contributed by atoms with E-state index >= 15 is 0 Å². The normalized spacial score (nSPS) is 18.0. The van der Waals surface area contributed by atoms with Gasteiger partial charge in [-0.3, -0.25) is 19.2 Å². The van der Waals surface area contributed by atoms with Crippen molar-refractivity contribution < 1.29 is 19.2 Å². The summed E-state index contributed by atoms with van der Waals surface area (Å²) in [7, 11) is 1.98. The molecule has 2 fully saturated rings. The Morgan fingerprint density at radius 1 is 0.729 bits per heavy atom. The van der Waals surface area contributed by atoms with Gasteiger partial charge in [0.05, 0.1) is 41.4 Å². The molecule has 12 nitrogen and oxygen atoms in total. The Kier molecular flexibility index (Phi) is 11.0. The third-order valence-corrected chi connectivity index (χ3v) is 11.9. The zero-order chi connectivity index (χ0) is 41.2. The van der Waals surface area contributed by atoms with Crippen molar-refractivity contribution in [2.24, 2.45) is 18.9 Å². The van der Waals surface area contributed by atoms with Gasteiger partial charge in [0.15, 0.2) is 0 Å². The number of alkyl halides is 1. The molecule has 0 aliphatic carbocycles. The average Bonchev–Trinajstić information content (AvgIpc) is 4.12. The highest BCUT2D eigenvalue weighted by Gasteiger charge is 2.40. The van der Waals surface area contributed by atoms with Gasteiger partial charge in [-0.05, 0) is 83.6 Å². The number of carbonyl (C=O) groups excluding carboxylic acids is 4. The molecular weight excluding hydrogens is 764 g/mol. The van der Waals surface area contributed by atoms with Crippen LogP contribution in [-0.4, -0.2) is 59.4 Å². The molecule has 0 saturated carbocycles. The lowest BCUT2D eigenvalue weighted by atomic mass is 10.0.